The van der Waals surface area contributed by atoms with Gasteiger partial charge in [-0.3, -0.25) is 4.99 Å². The summed E-state index contributed by atoms with van der Waals surface area (Å²) in [6.07, 6.45) is 0. The highest BCUT2D eigenvalue weighted by Gasteiger charge is 2.21. The van der Waals surface area contributed by atoms with Crippen LogP contribution in [0.3, 0.4) is 0 Å². The van der Waals surface area contributed by atoms with Crippen molar-refractivity contribution in [2.75, 3.05) is 27.5 Å². The van der Waals surface area contributed by atoms with E-state index in [1.165, 1.54) is 5.56 Å². The summed E-state index contributed by atoms with van der Waals surface area (Å²) in [5.41, 5.74) is 2.29. The maximum atomic E-state index is 5.43. The van der Waals surface area contributed by atoms with Gasteiger partial charge in [0.1, 0.15) is 5.75 Å². The van der Waals surface area contributed by atoms with E-state index in [4.69, 9.17) is 14.2 Å². The van der Waals surface area contributed by atoms with Gasteiger partial charge in [0.15, 0.2) is 17.5 Å². The predicted octanol–water partition coefficient (Wildman–Crippen LogP) is 3.07. The lowest BCUT2D eigenvalue weighted by Gasteiger charge is -2.27. The Hall–Kier alpha value is -2.89. The Morgan fingerprint density at radius 2 is 1.81 bits per heavy atom. The Balaban J connectivity index is 1.55. The average Bonchev–Trinajstić information content (AvgIpc) is 3.16. The maximum absolute atomic E-state index is 5.43. The van der Waals surface area contributed by atoms with Crippen molar-refractivity contribution in [3.8, 4) is 17.2 Å². The number of ether oxygens (including phenoxy) is 3. The van der Waals surface area contributed by atoms with Crippen LogP contribution in [-0.4, -0.2) is 33.5 Å². The van der Waals surface area contributed by atoms with Crippen molar-refractivity contribution in [2.24, 2.45) is 4.99 Å². The fourth-order valence-electron chi connectivity index (χ4n) is 2.91. The number of hydrogen-bond donors (Lipinski definition) is 2. The Labute approximate surface area is 160 Å². The van der Waals surface area contributed by atoms with Gasteiger partial charge in [-0.1, -0.05) is 32.0 Å². The van der Waals surface area contributed by atoms with E-state index in [0.717, 1.165) is 35.3 Å². The fraction of sp³-hybridized carbons (Fsp3) is 0.381. The lowest BCUT2D eigenvalue weighted by atomic mass is 9.84. The quantitative estimate of drug-likeness (QED) is 0.605. The molecule has 0 saturated carbocycles. The van der Waals surface area contributed by atoms with Crippen molar-refractivity contribution in [1.82, 2.24) is 10.6 Å². The molecule has 2 aromatic carbocycles. The minimum absolute atomic E-state index is 0.0529. The van der Waals surface area contributed by atoms with E-state index in [9.17, 15) is 0 Å². The standard InChI is InChI=1S/C21H27N3O3/c1-21(2,16-6-8-17(25-4)9-7-16)13-24-20(22-3)23-12-15-5-10-18-19(11-15)27-14-26-18/h5-11H,12-14H2,1-4H3,(H2,22,23,24). The van der Waals surface area contributed by atoms with E-state index in [1.807, 2.05) is 30.3 Å². The van der Waals surface area contributed by atoms with Crippen LogP contribution in [0.4, 0.5) is 0 Å². The van der Waals surface area contributed by atoms with Crippen molar-refractivity contribution in [2.45, 2.75) is 25.8 Å². The van der Waals surface area contributed by atoms with Crippen LogP contribution in [0.15, 0.2) is 47.5 Å². The average molecular weight is 369 g/mol. The van der Waals surface area contributed by atoms with Gasteiger partial charge in [-0.25, -0.2) is 0 Å². The van der Waals surface area contributed by atoms with Crippen LogP contribution < -0.4 is 24.8 Å². The highest BCUT2D eigenvalue weighted by atomic mass is 16.7. The fourth-order valence-corrected chi connectivity index (χ4v) is 2.91. The molecule has 0 unspecified atom stereocenters. The highest BCUT2D eigenvalue weighted by molar-refractivity contribution is 5.79. The summed E-state index contributed by atoms with van der Waals surface area (Å²) in [5, 5.41) is 6.75. The van der Waals surface area contributed by atoms with Crippen molar-refractivity contribution in [3.63, 3.8) is 0 Å². The first-order valence-corrected chi connectivity index (χ1v) is 8.99. The molecule has 6 heteroatoms. The summed E-state index contributed by atoms with van der Waals surface area (Å²) in [5.74, 6) is 3.21. The monoisotopic (exact) mass is 369 g/mol. The number of nitrogens with zero attached hydrogens (tertiary/aromatic N) is 1. The first-order chi connectivity index (χ1) is 13.0. The molecule has 2 N–H and O–H groups in total. The first kappa shape index (κ1) is 18.9. The molecule has 0 aromatic heterocycles. The van der Waals surface area contributed by atoms with Gasteiger partial charge in [0.2, 0.25) is 6.79 Å². The van der Waals surface area contributed by atoms with E-state index < -0.39 is 0 Å². The lowest BCUT2D eigenvalue weighted by Crippen LogP contribution is -2.43. The number of fused-ring (bicyclic) bond motifs is 1. The van der Waals surface area contributed by atoms with E-state index in [0.29, 0.717) is 6.54 Å². The van der Waals surface area contributed by atoms with E-state index in [-0.39, 0.29) is 12.2 Å². The number of aliphatic imine (C=N–C) groups is 1. The lowest BCUT2D eigenvalue weighted by molar-refractivity contribution is 0.174. The van der Waals surface area contributed by atoms with Gasteiger partial charge < -0.3 is 24.8 Å². The van der Waals surface area contributed by atoms with Gasteiger partial charge in [-0.2, -0.15) is 0 Å². The molecule has 6 nitrogen and oxygen atoms in total. The molecular formula is C21H27N3O3. The smallest absolute Gasteiger partial charge is 0.231 e. The predicted molar refractivity (Wildman–Crippen MR) is 107 cm³/mol. The summed E-state index contributed by atoms with van der Waals surface area (Å²) >= 11 is 0. The summed E-state index contributed by atoms with van der Waals surface area (Å²) < 4.78 is 16.0. The van der Waals surface area contributed by atoms with Crippen LogP contribution in [0.2, 0.25) is 0 Å². The molecule has 0 atom stereocenters. The molecule has 3 rings (SSSR count). The molecule has 0 amide bonds. The molecule has 0 bridgehead atoms. The minimum Gasteiger partial charge on any atom is -0.497 e. The minimum atomic E-state index is -0.0529. The van der Waals surface area contributed by atoms with Crippen molar-refractivity contribution in [3.05, 3.63) is 53.6 Å². The van der Waals surface area contributed by atoms with Crippen LogP contribution in [-0.2, 0) is 12.0 Å². The van der Waals surface area contributed by atoms with Gasteiger partial charge in [-0.15, -0.1) is 0 Å². The number of methoxy groups -OCH3 is 1. The number of hydrogen-bond acceptors (Lipinski definition) is 4. The van der Waals surface area contributed by atoms with Crippen LogP contribution in [0, 0.1) is 0 Å². The molecule has 2 aromatic rings. The van der Waals surface area contributed by atoms with Crippen molar-refractivity contribution in [1.29, 1.82) is 0 Å². The van der Waals surface area contributed by atoms with E-state index in [2.05, 4.69) is 41.6 Å². The molecule has 27 heavy (non-hydrogen) atoms. The SMILES string of the molecule is CN=C(NCc1ccc2c(c1)OCO2)NCC(C)(C)c1ccc(OC)cc1. The normalized spacial score (nSPS) is 13.4. The molecule has 0 aliphatic carbocycles. The highest BCUT2D eigenvalue weighted by Crippen LogP contribution is 2.32. The largest absolute Gasteiger partial charge is 0.497 e. The number of guanidine groups is 1. The third kappa shape index (κ3) is 4.64. The summed E-state index contributed by atoms with van der Waals surface area (Å²) in [6.45, 7) is 6.09. The van der Waals surface area contributed by atoms with Crippen LogP contribution >= 0.6 is 0 Å². The third-order valence-electron chi connectivity index (χ3n) is 4.69. The topological polar surface area (TPSA) is 64.1 Å². The molecule has 0 fully saturated rings. The summed E-state index contributed by atoms with van der Waals surface area (Å²) in [7, 11) is 3.45. The Bertz CT molecular complexity index is 801. The Morgan fingerprint density at radius 1 is 1.07 bits per heavy atom. The van der Waals surface area contributed by atoms with Crippen LogP contribution in [0.1, 0.15) is 25.0 Å². The zero-order chi connectivity index (χ0) is 19.3. The zero-order valence-electron chi connectivity index (χ0n) is 16.3. The molecule has 0 spiro atoms. The van der Waals surface area contributed by atoms with Gasteiger partial charge in [0, 0.05) is 25.6 Å². The number of rotatable bonds is 6. The Morgan fingerprint density at radius 3 is 2.52 bits per heavy atom. The summed E-state index contributed by atoms with van der Waals surface area (Å²) in [6, 6.07) is 14.1. The number of benzene rings is 2. The van der Waals surface area contributed by atoms with Crippen LogP contribution in [0.25, 0.3) is 0 Å². The molecule has 1 aliphatic heterocycles. The Kier molecular flexibility index (Phi) is 5.74. The van der Waals surface area contributed by atoms with Crippen LogP contribution in [0.5, 0.6) is 17.2 Å². The second-order valence-corrected chi connectivity index (χ2v) is 7.08. The van der Waals surface area contributed by atoms with Gasteiger partial charge in [0.05, 0.1) is 7.11 Å². The van der Waals surface area contributed by atoms with Gasteiger partial charge in [-0.05, 0) is 35.4 Å². The van der Waals surface area contributed by atoms with E-state index >= 15 is 0 Å². The maximum Gasteiger partial charge on any atom is 0.231 e. The van der Waals surface area contributed by atoms with E-state index in [1.54, 1.807) is 14.2 Å². The van der Waals surface area contributed by atoms with Crippen molar-refractivity contribution < 1.29 is 14.2 Å². The molecule has 1 heterocycles. The van der Waals surface area contributed by atoms with Crippen molar-refractivity contribution >= 4 is 5.96 Å². The number of nitrogens with one attached hydrogen (secondary N) is 2. The second-order valence-electron chi connectivity index (χ2n) is 7.08. The first-order valence-electron chi connectivity index (χ1n) is 8.99. The molecule has 0 saturated heterocycles. The molecule has 144 valence electrons. The molecular weight excluding hydrogens is 342 g/mol. The zero-order valence-corrected chi connectivity index (χ0v) is 16.3. The molecule has 1 aliphatic rings. The molecule has 0 radical (unpaired) electrons. The van der Waals surface area contributed by atoms with Gasteiger partial charge in [0.25, 0.3) is 0 Å². The third-order valence-corrected chi connectivity index (χ3v) is 4.69. The second kappa shape index (κ2) is 8.20. The summed E-state index contributed by atoms with van der Waals surface area (Å²) in [4.78, 5) is 4.32. The van der Waals surface area contributed by atoms with Gasteiger partial charge >= 0.3 is 0 Å².